The molecule has 1 atom stereocenters. The number of hydrogen-bond donors (Lipinski definition) is 2. The predicted molar refractivity (Wildman–Crippen MR) is 111 cm³/mol. The molecule has 1 aliphatic carbocycles. The lowest BCUT2D eigenvalue weighted by Gasteiger charge is -2.32. The van der Waals surface area contributed by atoms with E-state index in [4.69, 9.17) is 10.8 Å². The van der Waals surface area contributed by atoms with Gasteiger partial charge in [-0.3, -0.25) is 14.2 Å². The van der Waals surface area contributed by atoms with E-state index in [9.17, 15) is 4.79 Å². The van der Waals surface area contributed by atoms with Gasteiger partial charge in [-0.15, -0.1) is 0 Å². The standard InChI is InChI=1S/C20H24N8O/c1-2-17(29)26-9-3-4-15(12-26)28-16-7-8-22-19(21)18(16)20(25-28)24-13-10-23-27(11-13)14-5-6-14/h2,7-8,10-11,14-15H,1,3-6,9,12H2,(H2,21,22)(H,24,25). The van der Waals surface area contributed by atoms with E-state index in [0.717, 1.165) is 36.0 Å². The molecule has 4 heterocycles. The summed E-state index contributed by atoms with van der Waals surface area (Å²) in [6.07, 6.45) is 11.1. The quantitative estimate of drug-likeness (QED) is 0.647. The highest BCUT2D eigenvalue weighted by Gasteiger charge is 2.28. The molecule has 0 bridgehead atoms. The first-order chi connectivity index (χ1) is 14.1. The third-order valence-electron chi connectivity index (χ3n) is 5.66. The smallest absolute Gasteiger partial charge is 0.246 e. The van der Waals surface area contributed by atoms with Gasteiger partial charge in [0.05, 0.1) is 34.9 Å². The molecule has 1 saturated heterocycles. The van der Waals surface area contributed by atoms with Crippen LogP contribution in [0.2, 0.25) is 0 Å². The van der Waals surface area contributed by atoms with E-state index in [-0.39, 0.29) is 11.9 Å². The predicted octanol–water partition coefficient (Wildman–Crippen LogP) is 2.64. The number of rotatable bonds is 5. The second kappa shape index (κ2) is 6.91. The Bertz CT molecular complexity index is 1080. The summed E-state index contributed by atoms with van der Waals surface area (Å²) in [6.45, 7) is 4.95. The number of carbonyl (C=O) groups excluding carboxylic acids is 1. The van der Waals surface area contributed by atoms with Gasteiger partial charge in [-0.05, 0) is 37.8 Å². The Hall–Kier alpha value is -3.36. The molecule has 9 nitrogen and oxygen atoms in total. The number of anilines is 3. The summed E-state index contributed by atoms with van der Waals surface area (Å²) in [7, 11) is 0. The van der Waals surface area contributed by atoms with Gasteiger partial charge in [0.2, 0.25) is 5.91 Å². The van der Waals surface area contributed by atoms with Crippen molar-refractivity contribution in [1.29, 1.82) is 0 Å². The fourth-order valence-electron chi connectivity index (χ4n) is 4.04. The minimum Gasteiger partial charge on any atom is -0.383 e. The van der Waals surface area contributed by atoms with Gasteiger partial charge in [-0.25, -0.2) is 4.98 Å². The third kappa shape index (κ3) is 3.22. The molecule has 1 aliphatic heterocycles. The molecule has 3 aromatic rings. The lowest BCUT2D eigenvalue weighted by atomic mass is 10.1. The first-order valence-electron chi connectivity index (χ1n) is 9.99. The Labute approximate surface area is 168 Å². The van der Waals surface area contributed by atoms with Gasteiger partial charge in [0.25, 0.3) is 0 Å². The molecule has 0 aromatic carbocycles. The summed E-state index contributed by atoms with van der Waals surface area (Å²) in [4.78, 5) is 18.2. The number of carbonyl (C=O) groups is 1. The summed E-state index contributed by atoms with van der Waals surface area (Å²) in [6, 6.07) is 2.51. The number of fused-ring (bicyclic) bond motifs is 1. The third-order valence-corrected chi connectivity index (χ3v) is 5.66. The van der Waals surface area contributed by atoms with Crippen molar-refractivity contribution in [2.24, 2.45) is 0 Å². The van der Waals surface area contributed by atoms with E-state index in [2.05, 4.69) is 22.0 Å². The second-order valence-corrected chi connectivity index (χ2v) is 7.73. The number of aromatic nitrogens is 5. The molecule has 2 fully saturated rings. The van der Waals surface area contributed by atoms with Gasteiger partial charge in [-0.1, -0.05) is 6.58 Å². The summed E-state index contributed by atoms with van der Waals surface area (Å²) < 4.78 is 3.96. The van der Waals surface area contributed by atoms with Gasteiger partial charge in [0, 0.05) is 25.5 Å². The number of pyridine rings is 1. The van der Waals surface area contributed by atoms with Gasteiger partial charge in [-0.2, -0.15) is 10.2 Å². The largest absolute Gasteiger partial charge is 0.383 e. The van der Waals surface area contributed by atoms with Crippen LogP contribution < -0.4 is 11.1 Å². The Morgan fingerprint density at radius 3 is 2.97 bits per heavy atom. The van der Waals surface area contributed by atoms with Crippen LogP contribution in [0.4, 0.5) is 17.3 Å². The van der Waals surface area contributed by atoms with E-state index < -0.39 is 0 Å². The zero-order valence-corrected chi connectivity index (χ0v) is 16.2. The summed E-state index contributed by atoms with van der Waals surface area (Å²) in [5.41, 5.74) is 7.99. The molecule has 3 N–H and O–H groups in total. The normalized spacial score (nSPS) is 19.4. The maximum absolute atomic E-state index is 12.1. The summed E-state index contributed by atoms with van der Waals surface area (Å²) in [5, 5.41) is 13.4. The van der Waals surface area contributed by atoms with Crippen molar-refractivity contribution in [3.63, 3.8) is 0 Å². The molecule has 3 aromatic heterocycles. The van der Waals surface area contributed by atoms with E-state index in [1.807, 2.05) is 26.5 Å². The van der Waals surface area contributed by atoms with Crippen molar-refractivity contribution in [3.05, 3.63) is 37.3 Å². The van der Waals surface area contributed by atoms with Crippen molar-refractivity contribution in [1.82, 2.24) is 29.4 Å². The Morgan fingerprint density at radius 1 is 1.31 bits per heavy atom. The monoisotopic (exact) mass is 392 g/mol. The first-order valence-corrected chi connectivity index (χ1v) is 9.99. The van der Waals surface area contributed by atoms with Gasteiger partial charge < -0.3 is 16.0 Å². The van der Waals surface area contributed by atoms with Crippen molar-refractivity contribution >= 4 is 34.1 Å². The highest BCUT2D eigenvalue weighted by atomic mass is 16.2. The summed E-state index contributed by atoms with van der Waals surface area (Å²) in [5.74, 6) is 1.05. The van der Waals surface area contributed by atoms with Crippen LogP contribution in [0.1, 0.15) is 37.8 Å². The highest BCUT2D eigenvalue weighted by Crippen LogP contribution is 2.36. The maximum Gasteiger partial charge on any atom is 0.246 e. The Kier molecular flexibility index (Phi) is 4.22. The molecule has 0 radical (unpaired) electrons. The molecular formula is C20H24N8O. The molecular weight excluding hydrogens is 368 g/mol. The molecule has 9 heteroatoms. The second-order valence-electron chi connectivity index (χ2n) is 7.73. The van der Waals surface area contributed by atoms with Crippen LogP contribution in [0.3, 0.4) is 0 Å². The van der Waals surface area contributed by atoms with Gasteiger partial charge >= 0.3 is 0 Å². The van der Waals surface area contributed by atoms with Crippen LogP contribution in [0.5, 0.6) is 0 Å². The zero-order chi connectivity index (χ0) is 20.0. The summed E-state index contributed by atoms with van der Waals surface area (Å²) >= 11 is 0. The molecule has 2 aliphatic rings. The number of likely N-dealkylation sites (tertiary alicyclic amines) is 1. The number of piperidine rings is 1. The van der Waals surface area contributed by atoms with E-state index >= 15 is 0 Å². The molecule has 150 valence electrons. The minimum atomic E-state index is -0.0434. The van der Waals surface area contributed by atoms with Crippen molar-refractivity contribution < 1.29 is 4.79 Å². The number of nitrogens with zero attached hydrogens (tertiary/aromatic N) is 6. The lowest BCUT2D eigenvalue weighted by molar-refractivity contribution is -0.127. The zero-order valence-electron chi connectivity index (χ0n) is 16.2. The van der Waals surface area contributed by atoms with Crippen LogP contribution in [0.15, 0.2) is 37.3 Å². The van der Waals surface area contributed by atoms with Crippen molar-refractivity contribution in [2.45, 2.75) is 37.8 Å². The molecule has 0 spiro atoms. The molecule has 1 saturated carbocycles. The van der Waals surface area contributed by atoms with Crippen LogP contribution in [0, 0.1) is 0 Å². The fraction of sp³-hybridized carbons (Fsp3) is 0.400. The topological polar surface area (TPSA) is 107 Å². The minimum absolute atomic E-state index is 0.0434. The van der Waals surface area contributed by atoms with Gasteiger partial charge in [0.1, 0.15) is 5.82 Å². The number of nitrogen functional groups attached to an aromatic ring is 1. The van der Waals surface area contributed by atoms with Crippen LogP contribution in [-0.4, -0.2) is 48.4 Å². The Balaban J connectivity index is 1.50. The average Bonchev–Trinajstić information content (AvgIpc) is 3.38. The molecule has 29 heavy (non-hydrogen) atoms. The lowest BCUT2D eigenvalue weighted by Crippen LogP contribution is -2.40. The van der Waals surface area contributed by atoms with Crippen molar-refractivity contribution in [3.8, 4) is 0 Å². The number of amides is 1. The first kappa shape index (κ1) is 17.7. The fourth-order valence-corrected chi connectivity index (χ4v) is 4.04. The average molecular weight is 392 g/mol. The van der Waals surface area contributed by atoms with E-state index in [1.54, 1.807) is 12.4 Å². The number of nitrogens with one attached hydrogen (secondary N) is 1. The molecule has 1 unspecified atom stereocenters. The maximum atomic E-state index is 12.1. The van der Waals surface area contributed by atoms with Gasteiger partial charge in [0.15, 0.2) is 5.82 Å². The van der Waals surface area contributed by atoms with Crippen LogP contribution in [-0.2, 0) is 4.79 Å². The van der Waals surface area contributed by atoms with E-state index in [0.29, 0.717) is 24.2 Å². The number of hydrogen-bond acceptors (Lipinski definition) is 6. The number of nitrogens with two attached hydrogens (primary N) is 1. The molecule has 5 rings (SSSR count). The van der Waals surface area contributed by atoms with Crippen LogP contribution >= 0.6 is 0 Å². The Morgan fingerprint density at radius 2 is 2.17 bits per heavy atom. The van der Waals surface area contributed by atoms with Crippen LogP contribution in [0.25, 0.3) is 10.9 Å². The highest BCUT2D eigenvalue weighted by molar-refractivity contribution is 5.99. The van der Waals surface area contributed by atoms with E-state index in [1.165, 1.54) is 18.9 Å². The van der Waals surface area contributed by atoms with Crippen molar-refractivity contribution in [2.75, 3.05) is 24.1 Å². The SMILES string of the molecule is C=CC(=O)N1CCCC(n2nc(Nc3cnn(C4CC4)c3)c3c(N)nccc32)C1. The molecule has 1 amide bonds.